The Labute approximate surface area is 201 Å². The number of amides is 1. The second-order valence-corrected chi connectivity index (χ2v) is 9.04. The molecule has 0 spiro atoms. The number of benzene rings is 1. The van der Waals surface area contributed by atoms with Gasteiger partial charge in [-0.1, -0.05) is 36.4 Å². The normalized spacial score (nSPS) is 14.7. The standard InChI is InChI=1S/C25H24N6O2S/c1-18(31-24(32)10-9-20(28-31)22-8-5-15-34-22)25(33)30-13-11-29(12-14-30)23-16-21(26-17-27-23)19-6-3-2-4-7-19/h2-10,15-18H,11-14H2,1H3/t18-/m1/s1. The fourth-order valence-electron chi connectivity index (χ4n) is 4.07. The fraction of sp³-hybridized carbons (Fsp3) is 0.240. The molecular weight excluding hydrogens is 448 g/mol. The molecule has 1 fully saturated rings. The molecule has 3 aromatic heterocycles. The molecule has 172 valence electrons. The van der Waals surface area contributed by atoms with Crippen molar-refractivity contribution in [2.45, 2.75) is 13.0 Å². The molecular formula is C25H24N6O2S. The molecule has 1 aliphatic heterocycles. The molecule has 1 saturated heterocycles. The van der Waals surface area contributed by atoms with Crippen LogP contribution in [0, 0.1) is 0 Å². The molecule has 0 unspecified atom stereocenters. The Bertz CT molecular complexity index is 1330. The van der Waals surface area contributed by atoms with Crippen molar-refractivity contribution in [1.29, 1.82) is 0 Å². The third-order valence-electron chi connectivity index (χ3n) is 5.96. The van der Waals surface area contributed by atoms with Gasteiger partial charge in [-0.3, -0.25) is 9.59 Å². The highest BCUT2D eigenvalue weighted by molar-refractivity contribution is 7.13. The number of hydrogen-bond acceptors (Lipinski definition) is 7. The van der Waals surface area contributed by atoms with Crippen molar-refractivity contribution >= 4 is 23.1 Å². The molecule has 0 bridgehead atoms. The van der Waals surface area contributed by atoms with E-state index in [4.69, 9.17) is 0 Å². The van der Waals surface area contributed by atoms with Gasteiger partial charge in [0.25, 0.3) is 5.56 Å². The van der Waals surface area contributed by atoms with E-state index in [1.165, 1.54) is 10.7 Å². The maximum absolute atomic E-state index is 13.2. The van der Waals surface area contributed by atoms with Gasteiger partial charge >= 0.3 is 0 Å². The summed E-state index contributed by atoms with van der Waals surface area (Å²) >= 11 is 1.55. The lowest BCUT2D eigenvalue weighted by atomic mass is 10.1. The van der Waals surface area contributed by atoms with Crippen molar-refractivity contribution in [3.05, 3.63) is 82.7 Å². The summed E-state index contributed by atoms with van der Waals surface area (Å²) in [6, 6.07) is 18.4. The Morgan fingerprint density at radius 3 is 2.47 bits per heavy atom. The summed E-state index contributed by atoms with van der Waals surface area (Å²) in [7, 11) is 0. The average Bonchev–Trinajstić information content (AvgIpc) is 3.44. The molecule has 0 radical (unpaired) electrons. The van der Waals surface area contributed by atoms with Gasteiger partial charge < -0.3 is 9.80 Å². The minimum absolute atomic E-state index is 0.106. The maximum atomic E-state index is 13.2. The molecule has 4 heterocycles. The molecule has 0 saturated carbocycles. The fourth-order valence-corrected chi connectivity index (χ4v) is 4.76. The highest BCUT2D eigenvalue weighted by Crippen LogP contribution is 2.23. The van der Waals surface area contributed by atoms with E-state index in [-0.39, 0.29) is 11.5 Å². The number of hydrogen-bond donors (Lipinski definition) is 0. The minimum atomic E-state index is -0.678. The highest BCUT2D eigenvalue weighted by atomic mass is 32.1. The zero-order valence-electron chi connectivity index (χ0n) is 18.7. The number of rotatable bonds is 5. The average molecular weight is 473 g/mol. The van der Waals surface area contributed by atoms with Gasteiger partial charge in [-0.25, -0.2) is 14.6 Å². The van der Waals surface area contributed by atoms with Gasteiger partial charge in [0.2, 0.25) is 5.91 Å². The number of carbonyl (C=O) groups is 1. The molecule has 5 rings (SSSR count). The van der Waals surface area contributed by atoms with Crippen LogP contribution >= 0.6 is 11.3 Å². The lowest BCUT2D eigenvalue weighted by molar-refractivity contribution is -0.135. The molecule has 4 aromatic rings. The Hall–Kier alpha value is -3.85. The Balaban J connectivity index is 1.27. The van der Waals surface area contributed by atoms with E-state index in [0.29, 0.717) is 31.9 Å². The summed E-state index contributed by atoms with van der Waals surface area (Å²) in [6.45, 7) is 4.14. The van der Waals surface area contributed by atoms with Crippen LogP contribution in [0.15, 0.2) is 77.2 Å². The van der Waals surface area contributed by atoms with E-state index in [1.807, 2.05) is 53.9 Å². The quantitative estimate of drug-likeness (QED) is 0.443. The van der Waals surface area contributed by atoms with Crippen molar-refractivity contribution in [1.82, 2.24) is 24.6 Å². The number of aromatic nitrogens is 4. The van der Waals surface area contributed by atoms with E-state index in [9.17, 15) is 9.59 Å². The van der Waals surface area contributed by atoms with Crippen molar-refractivity contribution in [3.8, 4) is 21.8 Å². The topological polar surface area (TPSA) is 84.2 Å². The first-order valence-electron chi connectivity index (χ1n) is 11.1. The lowest BCUT2D eigenvalue weighted by Gasteiger charge is -2.36. The van der Waals surface area contributed by atoms with Crippen LogP contribution in [0.1, 0.15) is 13.0 Å². The molecule has 0 aliphatic carbocycles. The molecule has 34 heavy (non-hydrogen) atoms. The van der Waals surface area contributed by atoms with Gasteiger partial charge in [0.1, 0.15) is 23.9 Å². The second-order valence-electron chi connectivity index (χ2n) is 8.09. The summed E-state index contributed by atoms with van der Waals surface area (Å²) in [5.41, 5.74) is 2.32. The van der Waals surface area contributed by atoms with Gasteiger partial charge in [0.15, 0.2) is 0 Å². The third-order valence-corrected chi connectivity index (χ3v) is 6.85. The first kappa shape index (κ1) is 22.0. The van der Waals surface area contributed by atoms with Crippen LogP contribution < -0.4 is 10.5 Å². The lowest BCUT2D eigenvalue weighted by Crippen LogP contribution is -2.51. The van der Waals surface area contributed by atoms with E-state index in [1.54, 1.807) is 35.6 Å². The van der Waals surface area contributed by atoms with Crippen LogP contribution in [0.5, 0.6) is 0 Å². The predicted octanol–water partition coefficient (Wildman–Crippen LogP) is 3.34. The number of carbonyl (C=O) groups excluding carboxylic acids is 1. The van der Waals surface area contributed by atoms with Gasteiger partial charge in [-0.05, 0) is 24.4 Å². The number of anilines is 1. The summed E-state index contributed by atoms with van der Waals surface area (Å²) in [5.74, 6) is 0.737. The van der Waals surface area contributed by atoms with Gasteiger partial charge in [0.05, 0.1) is 10.6 Å². The van der Waals surface area contributed by atoms with Crippen LogP contribution in [-0.2, 0) is 4.79 Å². The van der Waals surface area contributed by atoms with E-state index in [2.05, 4.69) is 20.0 Å². The Morgan fingerprint density at radius 1 is 0.941 bits per heavy atom. The molecule has 9 heteroatoms. The summed E-state index contributed by atoms with van der Waals surface area (Å²) in [5, 5.41) is 6.43. The van der Waals surface area contributed by atoms with Crippen LogP contribution in [0.3, 0.4) is 0 Å². The third kappa shape index (κ3) is 4.47. The van der Waals surface area contributed by atoms with Crippen LogP contribution in [0.4, 0.5) is 5.82 Å². The van der Waals surface area contributed by atoms with Crippen molar-refractivity contribution in [2.75, 3.05) is 31.1 Å². The van der Waals surface area contributed by atoms with E-state index < -0.39 is 6.04 Å². The van der Waals surface area contributed by atoms with Crippen molar-refractivity contribution in [3.63, 3.8) is 0 Å². The monoisotopic (exact) mass is 472 g/mol. The van der Waals surface area contributed by atoms with E-state index >= 15 is 0 Å². The number of thiophene rings is 1. The zero-order valence-corrected chi connectivity index (χ0v) is 19.6. The first-order valence-corrected chi connectivity index (χ1v) is 12.0. The number of nitrogens with zero attached hydrogens (tertiary/aromatic N) is 6. The predicted molar refractivity (Wildman–Crippen MR) is 133 cm³/mol. The van der Waals surface area contributed by atoms with Gasteiger partial charge in [-0.2, -0.15) is 5.10 Å². The van der Waals surface area contributed by atoms with Crippen LogP contribution in [0.2, 0.25) is 0 Å². The maximum Gasteiger partial charge on any atom is 0.267 e. The van der Waals surface area contributed by atoms with Crippen LogP contribution in [-0.4, -0.2) is 56.7 Å². The Kier molecular flexibility index (Phi) is 6.18. The van der Waals surface area contributed by atoms with Gasteiger partial charge in [-0.15, -0.1) is 11.3 Å². The highest BCUT2D eigenvalue weighted by Gasteiger charge is 2.28. The van der Waals surface area contributed by atoms with Crippen molar-refractivity contribution in [2.24, 2.45) is 0 Å². The summed E-state index contributed by atoms with van der Waals surface area (Å²) in [4.78, 5) is 39.4. The van der Waals surface area contributed by atoms with Crippen LogP contribution in [0.25, 0.3) is 21.8 Å². The molecule has 1 aliphatic rings. The number of piperazine rings is 1. The molecule has 8 nitrogen and oxygen atoms in total. The molecule has 0 N–H and O–H groups in total. The second kappa shape index (κ2) is 9.56. The zero-order chi connectivity index (χ0) is 23.5. The Morgan fingerprint density at radius 2 is 1.74 bits per heavy atom. The summed E-state index contributed by atoms with van der Waals surface area (Å²) < 4.78 is 1.29. The molecule has 1 atom stereocenters. The smallest absolute Gasteiger partial charge is 0.267 e. The summed E-state index contributed by atoms with van der Waals surface area (Å²) in [6.07, 6.45) is 1.58. The first-order chi connectivity index (χ1) is 16.6. The van der Waals surface area contributed by atoms with Crippen molar-refractivity contribution < 1.29 is 4.79 Å². The van der Waals surface area contributed by atoms with E-state index in [0.717, 1.165) is 22.0 Å². The largest absolute Gasteiger partial charge is 0.353 e. The molecule has 1 amide bonds. The minimum Gasteiger partial charge on any atom is -0.353 e. The SMILES string of the molecule is C[C@H](C(=O)N1CCN(c2cc(-c3ccccc3)ncn2)CC1)n1nc(-c2cccs2)ccc1=O. The molecule has 1 aromatic carbocycles. The van der Waals surface area contributed by atoms with Gasteiger partial charge in [0, 0.05) is 43.9 Å².